The van der Waals surface area contributed by atoms with Gasteiger partial charge in [0.25, 0.3) is 0 Å². The predicted molar refractivity (Wildman–Crippen MR) is 125 cm³/mol. The number of benzene rings is 1. The number of rotatable bonds is 8. The van der Waals surface area contributed by atoms with Gasteiger partial charge in [0.2, 0.25) is 0 Å². The van der Waals surface area contributed by atoms with Gasteiger partial charge in [0.1, 0.15) is 24.0 Å². The lowest BCUT2D eigenvalue weighted by Crippen LogP contribution is -2.36. The molecule has 0 bridgehead atoms. The molecule has 0 saturated carbocycles. The van der Waals surface area contributed by atoms with Gasteiger partial charge in [-0.05, 0) is 18.6 Å². The van der Waals surface area contributed by atoms with Gasteiger partial charge < -0.3 is 23.9 Å². The molecular formula is C21H26Cl2FN3O4S. The Bertz CT molecular complexity index is 964. The van der Waals surface area contributed by atoms with Crippen molar-refractivity contribution in [3.8, 4) is 5.75 Å². The fourth-order valence-electron chi connectivity index (χ4n) is 3.13. The monoisotopic (exact) mass is 505 g/mol. The van der Waals surface area contributed by atoms with Gasteiger partial charge in [-0.2, -0.15) is 0 Å². The van der Waals surface area contributed by atoms with E-state index in [0.717, 1.165) is 23.1 Å². The Morgan fingerprint density at radius 3 is 2.75 bits per heavy atom. The van der Waals surface area contributed by atoms with Crippen LogP contribution in [0, 0.1) is 0 Å². The van der Waals surface area contributed by atoms with Crippen LogP contribution in [0.2, 0.25) is 0 Å². The Hall–Kier alpha value is -1.65. The van der Waals surface area contributed by atoms with E-state index in [2.05, 4.69) is 14.9 Å². The molecule has 1 aromatic carbocycles. The van der Waals surface area contributed by atoms with Crippen LogP contribution in [0.1, 0.15) is 30.2 Å². The lowest BCUT2D eigenvalue weighted by molar-refractivity contribution is 0.122. The van der Waals surface area contributed by atoms with E-state index in [9.17, 15) is 9.50 Å². The Labute approximate surface area is 200 Å². The maximum Gasteiger partial charge on any atom is 0.198 e. The number of oxazole rings is 1. The minimum absolute atomic E-state index is 0.194. The van der Waals surface area contributed by atoms with E-state index in [1.54, 1.807) is 24.4 Å². The molecule has 7 nitrogen and oxygen atoms in total. The first-order valence-corrected chi connectivity index (χ1v) is 12.2. The molecule has 3 heterocycles. The number of ether oxygens (including phenoxy) is 2. The van der Waals surface area contributed by atoms with Crippen LogP contribution in [0.3, 0.4) is 0 Å². The van der Waals surface area contributed by atoms with Crippen LogP contribution in [-0.2, 0) is 11.2 Å². The number of hydrogen-bond donors (Lipinski definition) is 1. The summed E-state index contributed by atoms with van der Waals surface area (Å²) in [5.74, 6) is 0.978. The third kappa shape index (κ3) is 6.68. The van der Waals surface area contributed by atoms with Gasteiger partial charge in [0, 0.05) is 25.4 Å². The van der Waals surface area contributed by atoms with Crippen LogP contribution >= 0.6 is 34.5 Å². The van der Waals surface area contributed by atoms with Gasteiger partial charge in [0.15, 0.2) is 16.6 Å². The summed E-state index contributed by atoms with van der Waals surface area (Å²) in [6.07, 6.45) is 1.32. The maximum absolute atomic E-state index is 12.9. The lowest BCUT2D eigenvalue weighted by atomic mass is 10.2. The van der Waals surface area contributed by atoms with Crippen molar-refractivity contribution >= 4 is 50.8 Å². The van der Waals surface area contributed by atoms with E-state index in [4.69, 9.17) is 37.1 Å². The van der Waals surface area contributed by atoms with Gasteiger partial charge in [-0.3, -0.25) is 0 Å². The minimum atomic E-state index is -0.748. The van der Waals surface area contributed by atoms with Crippen molar-refractivity contribution < 1.29 is 23.4 Å². The Kier molecular flexibility index (Phi) is 9.80. The summed E-state index contributed by atoms with van der Waals surface area (Å²) in [6.45, 7) is 4.33. The number of morpholine rings is 1. The predicted octanol–water partition coefficient (Wildman–Crippen LogP) is 4.95. The number of fused-ring (bicyclic) bond motifs is 1. The quantitative estimate of drug-likeness (QED) is 0.434. The number of alkyl halides is 3. The molecule has 11 heteroatoms. The van der Waals surface area contributed by atoms with Crippen LogP contribution in [0.25, 0.3) is 11.1 Å². The third-order valence-corrected chi connectivity index (χ3v) is 5.98. The number of nitrogens with zero attached hydrogens (tertiary/aromatic N) is 3. The number of halogens is 3. The molecule has 32 heavy (non-hydrogen) atoms. The molecular weight excluding hydrogens is 480 g/mol. The highest BCUT2D eigenvalue weighted by molar-refractivity contribution is 7.15. The minimum Gasteiger partial charge on any atom is -0.488 e. The van der Waals surface area contributed by atoms with Gasteiger partial charge in [-0.1, -0.05) is 18.3 Å². The summed E-state index contributed by atoms with van der Waals surface area (Å²) in [5.41, 5.74) is 1.22. The molecule has 2 aromatic heterocycles. The summed E-state index contributed by atoms with van der Waals surface area (Å²) < 4.78 is 29.6. The first kappa shape index (κ1) is 25.0. The van der Waals surface area contributed by atoms with Crippen LogP contribution in [-0.4, -0.2) is 59.5 Å². The highest BCUT2D eigenvalue weighted by atomic mass is 35.5. The molecule has 1 fully saturated rings. The van der Waals surface area contributed by atoms with Gasteiger partial charge >= 0.3 is 0 Å². The smallest absolute Gasteiger partial charge is 0.198 e. The Morgan fingerprint density at radius 1 is 1.31 bits per heavy atom. The maximum atomic E-state index is 12.9. The van der Waals surface area contributed by atoms with Crippen molar-refractivity contribution in [1.29, 1.82) is 0 Å². The largest absolute Gasteiger partial charge is 0.488 e. The van der Waals surface area contributed by atoms with Gasteiger partial charge in [-0.25, -0.2) is 14.4 Å². The molecule has 1 aliphatic rings. The van der Waals surface area contributed by atoms with Crippen LogP contribution in [0.5, 0.6) is 5.75 Å². The number of aliphatic hydroxyl groups is 1. The molecule has 3 aromatic rings. The van der Waals surface area contributed by atoms with Crippen molar-refractivity contribution in [2.75, 3.05) is 43.2 Å². The number of aromatic nitrogens is 2. The zero-order valence-corrected chi connectivity index (χ0v) is 20.0. The molecule has 0 radical (unpaired) electrons. The molecule has 2 atom stereocenters. The first-order valence-electron chi connectivity index (χ1n) is 10.3. The average Bonchev–Trinajstić information content (AvgIpc) is 3.45. The third-order valence-electron chi connectivity index (χ3n) is 4.82. The zero-order chi connectivity index (χ0) is 22.9. The van der Waals surface area contributed by atoms with E-state index in [0.29, 0.717) is 42.4 Å². The fraction of sp³-hybridized carbons (Fsp3) is 0.524. The van der Waals surface area contributed by atoms with Crippen molar-refractivity contribution in [2.24, 2.45) is 0 Å². The van der Waals surface area contributed by atoms with Crippen LogP contribution < -0.4 is 9.64 Å². The molecule has 2 unspecified atom stereocenters. The first-order chi connectivity index (χ1) is 15.6. The van der Waals surface area contributed by atoms with E-state index < -0.39 is 18.9 Å². The van der Waals surface area contributed by atoms with Crippen molar-refractivity contribution in [1.82, 2.24) is 9.97 Å². The average molecular weight is 506 g/mol. The molecule has 0 spiro atoms. The zero-order valence-electron chi connectivity index (χ0n) is 17.7. The van der Waals surface area contributed by atoms with E-state index in [1.165, 1.54) is 11.3 Å². The number of aliphatic hydroxyl groups excluding tert-OH is 1. The molecule has 176 valence electrons. The highest BCUT2D eigenvalue weighted by Gasteiger charge is 2.20. The normalized spacial score (nSPS) is 15.8. The SMILES string of the molecule is CCC(CF)Oc1ccc2nc(CC(O)c3cnc(N4CCOCC4)s3)oc2c1.ClCCl. The summed E-state index contributed by atoms with van der Waals surface area (Å²) in [6, 6.07) is 5.24. The van der Waals surface area contributed by atoms with E-state index in [1.807, 2.05) is 6.92 Å². The standard InChI is InChI=1S/C20H24FN3O4S.CH2Cl2/c1-2-13(11-21)27-14-3-4-15-17(9-14)28-19(23-15)10-16(25)18-12-22-20(29-18)24-5-7-26-8-6-24;2-1-3/h3-4,9,12-13,16,25H,2,5-8,10-11H2,1H3;1H2. The Morgan fingerprint density at radius 2 is 2.06 bits per heavy atom. The molecule has 0 amide bonds. The second kappa shape index (κ2) is 12.6. The van der Waals surface area contributed by atoms with E-state index in [-0.39, 0.29) is 11.8 Å². The van der Waals surface area contributed by atoms with Gasteiger partial charge in [-0.15, -0.1) is 23.2 Å². The lowest BCUT2D eigenvalue weighted by Gasteiger charge is -2.26. The molecule has 1 aliphatic heterocycles. The summed E-state index contributed by atoms with van der Waals surface area (Å²) >= 11 is 11.0. The van der Waals surface area contributed by atoms with Crippen molar-refractivity contribution in [2.45, 2.75) is 32.0 Å². The molecule has 0 aliphatic carbocycles. The number of anilines is 1. The molecule has 1 N–H and O–H groups in total. The summed E-state index contributed by atoms with van der Waals surface area (Å²) in [7, 11) is 0. The number of hydrogen-bond acceptors (Lipinski definition) is 8. The fourth-order valence-corrected chi connectivity index (χ4v) is 4.08. The second-order valence-electron chi connectivity index (χ2n) is 7.01. The summed E-state index contributed by atoms with van der Waals surface area (Å²) in [4.78, 5) is 11.8. The van der Waals surface area contributed by atoms with Gasteiger partial charge in [0.05, 0.1) is 36.0 Å². The van der Waals surface area contributed by atoms with Crippen LogP contribution in [0.15, 0.2) is 28.8 Å². The van der Waals surface area contributed by atoms with Crippen molar-refractivity contribution in [3.05, 3.63) is 35.2 Å². The van der Waals surface area contributed by atoms with Crippen LogP contribution in [0.4, 0.5) is 9.52 Å². The molecule has 1 saturated heterocycles. The highest BCUT2D eigenvalue weighted by Crippen LogP contribution is 2.31. The topological polar surface area (TPSA) is 80.9 Å². The summed E-state index contributed by atoms with van der Waals surface area (Å²) in [5, 5.41) is 11.7. The Balaban J connectivity index is 0.000000913. The van der Waals surface area contributed by atoms with Crippen molar-refractivity contribution in [3.63, 3.8) is 0 Å². The molecule has 4 rings (SSSR count). The second-order valence-corrected chi connectivity index (χ2v) is 8.85. The number of thiazole rings is 1. The van der Waals surface area contributed by atoms with E-state index >= 15 is 0 Å².